The van der Waals surface area contributed by atoms with E-state index in [1.807, 2.05) is 0 Å². The highest BCUT2D eigenvalue weighted by molar-refractivity contribution is 6.02. The zero-order valence-electron chi connectivity index (χ0n) is 14.4. The first-order valence-corrected chi connectivity index (χ1v) is 7.99. The molecule has 0 saturated heterocycles. The van der Waals surface area contributed by atoms with Gasteiger partial charge in [-0.1, -0.05) is 12.1 Å². The fraction of sp³-hybridized carbons (Fsp3) is 0.235. The van der Waals surface area contributed by atoms with Crippen LogP contribution in [0.2, 0.25) is 0 Å². The highest BCUT2D eigenvalue weighted by Gasteiger charge is 2.30. The lowest BCUT2D eigenvalue weighted by Crippen LogP contribution is -2.18. The van der Waals surface area contributed by atoms with Gasteiger partial charge in [-0.15, -0.1) is 0 Å². The highest BCUT2D eigenvalue weighted by atomic mass is 19.4. The highest BCUT2D eigenvalue weighted by Crippen LogP contribution is 2.29. The molecule has 0 aliphatic carbocycles. The SMILES string of the molecule is Cc1cc(NC(=O)c2ccnn2C(F)F)nn1Cc1cccc(C(F)(F)F)c1. The summed E-state index contributed by atoms with van der Waals surface area (Å²) in [4.78, 5) is 12.2. The van der Waals surface area contributed by atoms with Crippen LogP contribution >= 0.6 is 0 Å². The Morgan fingerprint density at radius 1 is 1.21 bits per heavy atom. The number of aryl methyl sites for hydroxylation is 1. The molecule has 3 aromatic rings. The van der Waals surface area contributed by atoms with Gasteiger partial charge in [0.1, 0.15) is 5.69 Å². The third-order valence-electron chi connectivity index (χ3n) is 3.90. The average molecular weight is 399 g/mol. The van der Waals surface area contributed by atoms with Crippen LogP contribution < -0.4 is 5.32 Å². The van der Waals surface area contributed by atoms with E-state index in [2.05, 4.69) is 15.5 Å². The first-order valence-electron chi connectivity index (χ1n) is 7.99. The van der Waals surface area contributed by atoms with Gasteiger partial charge in [-0.2, -0.15) is 36.8 Å². The number of hydrogen-bond acceptors (Lipinski definition) is 3. The second-order valence-corrected chi connectivity index (χ2v) is 5.92. The maximum atomic E-state index is 12.8. The Hall–Kier alpha value is -3.24. The molecule has 0 spiro atoms. The summed E-state index contributed by atoms with van der Waals surface area (Å²) >= 11 is 0. The Balaban J connectivity index is 1.77. The Kier molecular flexibility index (Phi) is 5.16. The predicted molar refractivity (Wildman–Crippen MR) is 88.9 cm³/mol. The summed E-state index contributed by atoms with van der Waals surface area (Å²) in [5.41, 5.74) is -0.187. The molecule has 0 saturated carbocycles. The van der Waals surface area contributed by atoms with Crippen LogP contribution in [0.5, 0.6) is 0 Å². The fourth-order valence-corrected chi connectivity index (χ4v) is 2.58. The molecular weight excluding hydrogens is 385 g/mol. The van der Waals surface area contributed by atoms with E-state index < -0.39 is 24.2 Å². The van der Waals surface area contributed by atoms with E-state index in [-0.39, 0.29) is 22.7 Å². The molecule has 1 aromatic carbocycles. The van der Waals surface area contributed by atoms with Crippen molar-refractivity contribution in [2.45, 2.75) is 26.2 Å². The van der Waals surface area contributed by atoms with Crippen LogP contribution in [0.15, 0.2) is 42.6 Å². The summed E-state index contributed by atoms with van der Waals surface area (Å²) in [5, 5.41) is 9.86. The van der Waals surface area contributed by atoms with Crippen molar-refractivity contribution in [3.63, 3.8) is 0 Å². The number of carbonyl (C=O) groups excluding carboxylic acids is 1. The second-order valence-electron chi connectivity index (χ2n) is 5.92. The maximum absolute atomic E-state index is 12.8. The smallest absolute Gasteiger partial charge is 0.304 e. The molecule has 0 unspecified atom stereocenters. The van der Waals surface area contributed by atoms with Gasteiger partial charge >= 0.3 is 12.7 Å². The molecule has 0 aliphatic heterocycles. The summed E-state index contributed by atoms with van der Waals surface area (Å²) in [6.45, 7) is -1.28. The van der Waals surface area contributed by atoms with E-state index in [0.717, 1.165) is 24.4 Å². The summed E-state index contributed by atoms with van der Waals surface area (Å²) in [5.74, 6) is -0.752. The zero-order chi connectivity index (χ0) is 20.5. The monoisotopic (exact) mass is 399 g/mol. The number of anilines is 1. The Morgan fingerprint density at radius 2 is 1.96 bits per heavy atom. The number of halogens is 5. The van der Waals surface area contributed by atoms with Crippen LogP contribution in [0.25, 0.3) is 0 Å². The van der Waals surface area contributed by atoms with E-state index >= 15 is 0 Å². The van der Waals surface area contributed by atoms with Gasteiger partial charge < -0.3 is 5.32 Å². The third kappa shape index (κ3) is 4.18. The standard InChI is InChI=1S/C17H14F5N5O/c1-10-7-14(24-15(28)13-5-6-23-27(13)16(18)19)25-26(10)9-11-3-2-4-12(8-11)17(20,21)22/h2-8,16H,9H2,1H3,(H,24,25,28). The van der Waals surface area contributed by atoms with Crippen molar-refractivity contribution in [1.82, 2.24) is 19.6 Å². The van der Waals surface area contributed by atoms with Crippen molar-refractivity contribution >= 4 is 11.7 Å². The van der Waals surface area contributed by atoms with Gasteiger partial charge in [0.05, 0.1) is 12.1 Å². The van der Waals surface area contributed by atoms with Crippen LogP contribution in [0.3, 0.4) is 0 Å². The maximum Gasteiger partial charge on any atom is 0.416 e. The third-order valence-corrected chi connectivity index (χ3v) is 3.90. The van der Waals surface area contributed by atoms with Crippen molar-refractivity contribution in [2.75, 3.05) is 5.32 Å². The summed E-state index contributed by atoms with van der Waals surface area (Å²) in [6.07, 6.45) is -3.39. The molecule has 3 rings (SSSR count). The molecule has 1 N–H and O–H groups in total. The second kappa shape index (κ2) is 7.41. The average Bonchev–Trinajstić information content (AvgIpc) is 3.22. The lowest BCUT2D eigenvalue weighted by atomic mass is 10.1. The number of alkyl halides is 5. The molecule has 0 bridgehead atoms. The predicted octanol–water partition coefficient (Wildman–Crippen LogP) is 4.10. The van der Waals surface area contributed by atoms with E-state index in [4.69, 9.17) is 0 Å². The minimum absolute atomic E-state index is 0.0423. The lowest BCUT2D eigenvalue weighted by molar-refractivity contribution is -0.137. The van der Waals surface area contributed by atoms with E-state index in [1.54, 1.807) is 6.92 Å². The molecule has 1 amide bonds. The zero-order valence-corrected chi connectivity index (χ0v) is 14.4. The molecule has 0 fully saturated rings. The normalized spacial score (nSPS) is 11.8. The summed E-state index contributed by atoms with van der Waals surface area (Å²) in [7, 11) is 0. The minimum atomic E-state index is -4.46. The van der Waals surface area contributed by atoms with Crippen LogP contribution in [0.1, 0.15) is 33.9 Å². The molecule has 6 nitrogen and oxygen atoms in total. The molecule has 2 heterocycles. The Labute approximate surface area is 155 Å². The van der Waals surface area contributed by atoms with E-state index in [0.29, 0.717) is 11.3 Å². The number of amides is 1. The van der Waals surface area contributed by atoms with Gasteiger partial charge in [-0.3, -0.25) is 9.48 Å². The first kappa shape index (κ1) is 19.5. The van der Waals surface area contributed by atoms with Gasteiger partial charge in [0.25, 0.3) is 5.91 Å². The van der Waals surface area contributed by atoms with Crippen LogP contribution in [0.4, 0.5) is 27.8 Å². The Bertz CT molecular complexity index is 992. The fourth-order valence-electron chi connectivity index (χ4n) is 2.58. The number of benzene rings is 1. The minimum Gasteiger partial charge on any atom is -0.304 e. The molecule has 148 valence electrons. The largest absolute Gasteiger partial charge is 0.416 e. The lowest BCUT2D eigenvalue weighted by Gasteiger charge is -2.09. The number of nitrogens with one attached hydrogen (secondary N) is 1. The topological polar surface area (TPSA) is 64.7 Å². The van der Waals surface area contributed by atoms with Gasteiger partial charge in [-0.25, -0.2) is 0 Å². The first-order chi connectivity index (χ1) is 13.1. The summed E-state index contributed by atoms with van der Waals surface area (Å²) in [6, 6.07) is 7.42. The van der Waals surface area contributed by atoms with Crippen molar-refractivity contribution in [3.05, 3.63) is 65.1 Å². The number of aromatic nitrogens is 4. The summed E-state index contributed by atoms with van der Waals surface area (Å²) < 4.78 is 65.8. The quantitative estimate of drug-likeness (QED) is 0.657. The van der Waals surface area contributed by atoms with Crippen molar-refractivity contribution in [3.8, 4) is 0 Å². The van der Waals surface area contributed by atoms with Gasteiger partial charge in [-0.05, 0) is 30.7 Å². The molecule has 11 heteroatoms. The molecule has 28 heavy (non-hydrogen) atoms. The van der Waals surface area contributed by atoms with Crippen molar-refractivity contribution in [1.29, 1.82) is 0 Å². The molecular formula is C17H14F5N5O. The van der Waals surface area contributed by atoms with Crippen LogP contribution in [-0.2, 0) is 12.7 Å². The number of hydrogen-bond donors (Lipinski definition) is 1. The van der Waals surface area contributed by atoms with Gasteiger partial charge in [0.15, 0.2) is 5.82 Å². The number of rotatable bonds is 5. The van der Waals surface area contributed by atoms with Crippen molar-refractivity contribution < 1.29 is 26.7 Å². The number of carbonyl (C=O) groups is 1. The Morgan fingerprint density at radius 3 is 2.64 bits per heavy atom. The molecule has 2 aromatic heterocycles. The van der Waals surface area contributed by atoms with Crippen LogP contribution in [-0.4, -0.2) is 25.5 Å². The molecule has 0 aliphatic rings. The van der Waals surface area contributed by atoms with Gasteiger partial charge in [0.2, 0.25) is 0 Å². The van der Waals surface area contributed by atoms with Crippen molar-refractivity contribution in [2.24, 2.45) is 0 Å². The number of nitrogens with zero attached hydrogens (tertiary/aromatic N) is 4. The van der Waals surface area contributed by atoms with E-state index in [1.165, 1.54) is 22.9 Å². The van der Waals surface area contributed by atoms with Gasteiger partial charge in [0, 0.05) is 18.0 Å². The van der Waals surface area contributed by atoms with E-state index in [9.17, 15) is 26.7 Å². The molecule has 0 atom stereocenters. The van der Waals surface area contributed by atoms with Crippen LogP contribution in [0, 0.1) is 6.92 Å². The molecule has 0 radical (unpaired) electrons.